The van der Waals surface area contributed by atoms with Crippen LogP contribution in [0.15, 0.2) is 91.0 Å². The van der Waals surface area contributed by atoms with Crippen LogP contribution < -0.4 is 0 Å². The molecule has 0 nitrogen and oxygen atoms in total. The van der Waals surface area contributed by atoms with Gasteiger partial charge < -0.3 is 0 Å². The molecular formula is C135H210P6. The van der Waals surface area contributed by atoms with Gasteiger partial charge in [0.2, 0.25) is 0 Å². The molecule has 0 saturated carbocycles. The van der Waals surface area contributed by atoms with Crippen LogP contribution in [-0.4, -0.2) is 47.2 Å². The second kappa shape index (κ2) is 39.3. The average Bonchev–Trinajstić information content (AvgIpc) is 0.697. The van der Waals surface area contributed by atoms with Crippen LogP contribution in [-0.2, 0) is 116 Å². The van der Waals surface area contributed by atoms with Crippen LogP contribution in [0.25, 0.3) is 0 Å². The predicted octanol–water partition coefficient (Wildman–Crippen LogP) is 41.9. The van der Waals surface area contributed by atoms with Gasteiger partial charge in [0.1, 0.15) is 0 Å². The Labute approximate surface area is 877 Å². The fraction of sp³-hybridized carbons (Fsp3) is 0.644. The van der Waals surface area contributed by atoms with Gasteiger partial charge in [-0.2, -0.15) is 0 Å². The van der Waals surface area contributed by atoms with Crippen molar-refractivity contribution in [3.63, 3.8) is 0 Å². The Bertz CT molecular complexity index is 5090. The Morgan fingerprint density at radius 3 is 0.333 bits per heavy atom. The lowest BCUT2D eigenvalue weighted by atomic mass is 9.72. The Morgan fingerprint density at radius 1 is 0.156 bits per heavy atom. The molecule has 3 unspecified atom stereocenters. The molecule has 0 radical (unpaired) electrons. The Balaban J connectivity index is 1.66. The Kier molecular flexibility index (Phi) is 33.1. The zero-order valence-electron chi connectivity index (χ0n) is 103. The molecule has 6 heteroatoms. The van der Waals surface area contributed by atoms with Crippen molar-refractivity contribution in [2.75, 3.05) is 0 Å². The van der Waals surface area contributed by atoms with E-state index in [1.165, 1.54) is 33.4 Å². The molecule has 3 aliphatic heterocycles. The third-order valence-electron chi connectivity index (χ3n) is 31.2. The van der Waals surface area contributed by atoms with Crippen molar-refractivity contribution in [3.8, 4) is 0 Å². The van der Waals surface area contributed by atoms with Crippen LogP contribution >= 0.6 is 45.3 Å². The van der Waals surface area contributed by atoms with Crippen molar-refractivity contribution < 1.29 is 0 Å². The summed E-state index contributed by atoms with van der Waals surface area (Å²) in [6.07, 6.45) is 6.30. The van der Waals surface area contributed by atoms with Crippen molar-refractivity contribution in [3.05, 3.63) is 241 Å². The largest absolute Gasteiger partial charge is 0.103 e. The van der Waals surface area contributed by atoms with Gasteiger partial charge in [0.15, 0.2) is 0 Å². The molecule has 780 valence electrons. The maximum Gasteiger partial charge on any atom is 0.0124 e. The highest BCUT2D eigenvalue weighted by molar-refractivity contribution is 8.16. The highest BCUT2D eigenvalue weighted by Gasteiger charge is 2.51. The van der Waals surface area contributed by atoms with E-state index < -0.39 is 45.3 Å². The second-order valence-corrected chi connectivity index (χ2v) is 78.8. The van der Waals surface area contributed by atoms with Crippen molar-refractivity contribution in [1.82, 2.24) is 0 Å². The van der Waals surface area contributed by atoms with E-state index in [4.69, 9.17) is 0 Å². The minimum Gasteiger partial charge on any atom is -0.103 e. The van der Waals surface area contributed by atoms with E-state index in [9.17, 15) is 0 Å². The molecule has 0 aromatic heterocycles. The normalized spacial score (nSPS) is 18.7. The van der Waals surface area contributed by atoms with Crippen LogP contribution in [0.3, 0.4) is 0 Å². The number of benzene rings is 7. The minimum absolute atomic E-state index is 0.0617. The van der Waals surface area contributed by atoms with E-state index in [1.807, 2.05) is 30.2 Å². The molecule has 0 fully saturated rings. The maximum absolute atomic E-state index is 2.95. The lowest BCUT2D eigenvalue weighted by molar-refractivity contribution is 0.546. The molecule has 3 aliphatic rings. The van der Waals surface area contributed by atoms with Crippen molar-refractivity contribution in [2.45, 2.75) is 568 Å². The van der Waals surface area contributed by atoms with Gasteiger partial charge in [-0.15, -0.1) is 21.5 Å². The lowest BCUT2D eigenvalue weighted by Gasteiger charge is -2.45. The summed E-state index contributed by atoms with van der Waals surface area (Å²) in [7, 11) is -5.77. The van der Waals surface area contributed by atoms with Crippen LogP contribution in [0, 0.1) is 0 Å². The minimum atomic E-state index is -1.05. The summed E-state index contributed by atoms with van der Waals surface area (Å²) in [5.41, 5.74) is 40.8. The molecule has 141 heavy (non-hydrogen) atoms. The summed E-state index contributed by atoms with van der Waals surface area (Å²) in [6, 6.07) is 41.8. The monoisotopic (exact) mass is 2020 g/mol. The first-order valence-corrected chi connectivity index (χ1v) is 64.0. The quantitative estimate of drug-likeness (QED) is 0.0751. The number of rotatable bonds is 18. The topological polar surface area (TPSA) is 0 Å². The molecule has 7 aromatic rings. The van der Waals surface area contributed by atoms with E-state index in [-0.39, 0.29) is 97.5 Å². The zero-order valence-corrected chi connectivity index (χ0v) is 108. The van der Waals surface area contributed by atoms with Crippen molar-refractivity contribution >= 4 is 75.5 Å². The van der Waals surface area contributed by atoms with Gasteiger partial charge in [0, 0.05) is 48.7 Å². The summed E-state index contributed by atoms with van der Waals surface area (Å²) in [5.74, 6) is 0. The average molecular weight is 2020 g/mol. The van der Waals surface area contributed by atoms with Crippen LogP contribution in [0.2, 0.25) is 0 Å². The summed E-state index contributed by atoms with van der Waals surface area (Å²) in [6.45, 7) is 153. The van der Waals surface area contributed by atoms with Crippen molar-refractivity contribution in [1.29, 1.82) is 0 Å². The molecule has 0 spiro atoms. The Morgan fingerprint density at radius 2 is 0.255 bits per heavy atom. The van der Waals surface area contributed by atoms with Crippen molar-refractivity contribution in [2.24, 2.45) is 0 Å². The zero-order chi connectivity index (χ0) is 108. The fourth-order valence-electron chi connectivity index (χ4n) is 21.7. The van der Waals surface area contributed by atoms with Gasteiger partial charge in [-0.1, -0.05) is 506 Å². The van der Waals surface area contributed by atoms with E-state index >= 15 is 0 Å². The molecule has 3 heterocycles. The van der Waals surface area contributed by atoms with E-state index in [1.54, 1.807) is 117 Å². The van der Waals surface area contributed by atoms with Gasteiger partial charge in [-0.05, 0) is 308 Å². The van der Waals surface area contributed by atoms with Gasteiger partial charge in [0.25, 0.3) is 0 Å². The molecule has 7 aromatic carbocycles. The standard InChI is InChI=1S/C135H210P6/c1-61-82(4)139-112(106-94(124(25,26)27)67-88(118(7,8)9)68-95(106)125(28,29)30)136(113(139)107-96(126(31,32)33)69-89(119(10,11)12)70-97(107)127(34,35)36)79-85-64-86(80-137-114(108-98(128(37,38)39)71-90(120(13,14)15)72-99(108)129(40,41)42)140(83(5)62-2)115(137)109-100(130(43,44)45)73-91(121(16,17)18)74-101(109)131(46,47)48)66-87(65-85)81-138-116(110-102(132(49,50)51)75-92(122(19,20)21)76-103(110)133(52,53)54)141(84(6)63-3)117(138)111-104(134(55,56)57)77-93(123(22,23)24)78-105(111)135(58,59)60/h64-78,82-84H,61-63,79-81H2,1-60H3. The highest BCUT2D eigenvalue weighted by Crippen LogP contribution is 2.72. The van der Waals surface area contributed by atoms with Gasteiger partial charge in [-0.3, -0.25) is 0 Å². The van der Waals surface area contributed by atoms with Gasteiger partial charge >= 0.3 is 0 Å². The smallest absolute Gasteiger partial charge is 0.0124 e. The second-order valence-electron chi connectivity index (χ2n) is 62.9. The lowest BCUT2D eigenvalue weighted by Crippen LogP contribution is -2.33. The summed E-state index contributed by atoms with van der Waals surface area (Å²) in [5, 5.41) is 11.0. The highest BCUT2D eigenvalue weighted by atomic mass is 31.2. The SMILES string of the molecule is CCC(C)P1C(c2c(C(C)(C)C)cc(C(C)(C)C)cc2C(C)(C)C)=P(Cc2cc(CP3=C(c4c(C(C)(C)C)cc(C(C)(C)C)cc4C(C)(C)C)P(C(C)CC)C=3c3c(C(C)(C)C)cc(C(C)(C)C)cc3C(C)(C)C)cc(CP3=C(c4c(C(C)(C)C)cc(C(C)(C)C)cc4C(C)(C)C)P(C(C)CC)C=3c3c(C(C)(C)C)cc(C(C)(C)C)cc3C(C)(C)C)c2)=C1c1c(C(C)(C)C)cc(C(C)(C)C)cc1C(C)(C)C. The van der Waals surface area contributed by atoms with Gasteiger partial charge in [-0.25, -0.2) is 0 Å². The molecule has 0 N–H and O–H groups in total. The van der Waals surface area contributed by atoms with E-state index in [2.05, 4.69) is 506 Å². The van der Waals surface area contributed by atoms with Crippen LogP contribution in [0.1, 0.15) is 585 Å². The number of hydrogen-bond donors (Lipinski definition) is 0. The number of hydrogen-bond acceptors (Lipinski definition) is 0. The van der Waals surface area contributed by atoms with Gasteiger partial charge in [0.05, 0.1) is 0 Å². The molecule has 0 saturated heterocycles. The predicted molar refractivity (Wildman–Crippen MR) is 658 cm³/mol. The third kappa shape index (κ3) is 24.7. The molecule has 0 aliphatic carbocycles. The summed E-state index contributed by atoms with van der Waals surface area (Å²) in [4.78, 5) is 0. The van der Waals surface area contributed by atoms with Crippen LogP contribution in [0.5, 0.6) is 0 Å². The van der Waals surface area contributed by atoms with E-state index in [0.29, 0.717) is 17.0 Å². The first-order chi connectivity index (χ1) is 63.0. The van der Waals surface area contributed by atoms with E-state index in [0.717, 1.165) is 37.7 Å². The molecule has 10 rings (SSSR count). The first kappa shape index (κ1) is 119. The summed E-state index contributed by atoms with van der Waals surface area (Å²) >= 11 is 0. The molecule has 0 amide bonds. The van der Waals surface area contributed by atoms with Crippen LogP contribution in [0.4, 0.5) is 0 Å². The maximum atomic E-state index is 2.95. The fourth-order valence-corrected chi connectivity index (χ4v) is 47.6. The molecule has 3 atom stereocenters. The third-order valence-corrected chi connectivity index (χ3v) is 53.7. The first-order valence-electron chi connectivity index (χ1n) is 55.2. The molecule has 0 bridgehead atoms. The Hall–Kier alpha value is -4.05. The summed E-state index contributed by atoms with van der Waals surface area (Å²) < 4.78 is 0. The molecular weight excluding hydrogens is 1810 g/mol.